The quantitative estimate of drug-likeness (QED) is 0.130. The Balaban J connectivity index is 2.60. The summed E-state index contributed by atoms with van der Waals surface area (Å²) in [5.41, 5.74) is 3.13. The van der Waals surface area contributed by atoms with Gasteiger partial charge in [-0.2, -0.15) is 0 Å². The SMILES string of the molecule is COCOc1cc(OC)c(C(=O)/C=C/C2=CC=C[I-]C=C2)c(OCOC)c1CC=C(C)C. The van der Waals surface area contributed by atoms with Crippen molar-refractivity contribution in [3.05, 3.63) is 73.0 Å². The van der Waals surface area contributed by atoms with Crippen molar-refractivity contribution in [1.29, 1.82) is 0 Å². The molecule has 0 amide bonds. The molecule has 1 aliphatic rings. The molecule has 1 aromatic carbocycles. The van der Waals surface area contributed by atoms with E-state index in [-0.39, 0.29) is 40.6 Å². The maximum absolute atomic E-state index is 13.3. The molecule has 0 unspecified atom stereocenters. The number of halogens is 1. The van der Waals surface area contributed by atoms with Gasteiger partial charge in [0.25, 0.3) is 0 Å². The molecule has 32 heavy (non-hydrogen) atoms. The first-order valence-corrected chi connectivity index (χ1v) is 12.5. The third kappa shape index (κ3) is 7.65. The van der Waals surface area contributed by atoms with Crippen molar-refractivity contribution in [1.82, 2.24) is 0 Å². The topological polar surface area (TPSA) is 63.2 Å². The van der Waals surface area contributed by atoms with Gasteiger partial charge in [0.2, 0.25) is 0 Å². The van der Waals surface area contributed by atoms with E-state index in [9.17, 15) is 4.79 Å². The zero-order valence-corrected chi connectivity index (χ0v) is 21.3. The zero-order chi connectivity index (χ0) is 23.3. The van der Waals surface area contributed by atoms with E-state index in [0.717, 1.165) is 16.7 Å². The van der Waals surface area contributed by atoms with Gasteiger partial charge in [0.05, 0.1) is 0 Å². The minimum absolute atomic E-state index is 0.0228. The molecule has 0 N–H and O–H groups in total. The van der Waals surface area contributed by atoms with Crippen LogP contribution in [-0.2, 0) is 15.9 Å². The van der Waals surface area contributed by atoms with Crippen LogP contribution in [0.25, 0.3) is 0 Å². The van der Waals surface area contributed by atoms with Gasteiger partial charge < -0.3 is 4.74 Å². The van der Waals surface area contributed by atoms with Crippen LogP contribution < -0.4 is 35.4 Å². The van der Waals surface area contributed by atoms with Crippen molar-refractivity contribution in [3.63, 3.8) is 0 Å². The van der Waals surface area contributed by atoms with Crippen LogP contribution in [0.1, 0.15) is 29.8 Å². The van der Waals surface area contributed by atoms with E-state index in [2.05, 4.69) is 8.17 Å². The molecule has 174 valence electrons. The van der Waals surface area contributed by atoms with E-state index >= 15 is 0 Å². The first-order valence-electron chi connectivity index (χ1n) is 10.00. The van der Waals surface area contributed by atoms with Gasteiger partial charge in [0.15, 0.2) is 0 Å². The summed E-state index contributed by atoms with van der Waals surface area (Å²) < 4.78 is 31.8. The normalized spacial score (nSPS) is 13.2. The molecule has 6 nitrogen and oxygen atoms in total. The molecule has 0 aliphatic carbocycles. The summed E-state index contributed by atoms with van der Waals surface area (Å²) in [6.07, 6.45) is 11.9. The van der Waals surface area contributed by atoms with Gasteiger partial charge in [-0.3, -0.25) is 0 Å². The molecular weight excluding hydrogens is 523 g/mol. The van der Waals surface area contributed by atoms with Crippen LogP contribution in [0.2, 0.25) is 0 Å². The first kappa shape index (κ1) is 25.9. The number of methoxy groups -OCH3 is 3. The van der Waals surface area contributed by atoms with Crippen LogP contribution in [0.5, 0.6) is 17.2 Å². The number of hydrogen-bond acceptors (Lipinski definition) is 6. The van der Waals surface area contributed by atoms with Crippen molar-refractivity contribution in [2.24, 2.45) is 0 Å². The van der Waals surface area contributed by atoms with Crippen LogP contribution in [0.15, 0.2) is 61.8 Å². The monoisotopic (exact) mass is 553 g/mol. The molecule has 0 saturated carbocycles. The summed E-state index contributed by atoms with van der Waals surface area (Å²) in [6, 6.07) is 1.70. The average Bonchev–Trinajstić information content (AvgIpc) is 3.06. The van der Waals surface area contributed by atoms with E-state index in [1.54, 1.807) is 19.3 Å². The standard InChI is InChI=1S/C25H30IO6/c1-18(2)8-10-20-22(31-16-28-3)15-23(30-5)24(25(20)32-17-29-4)21(27)11-9-19-7-6-13-26-14-12-19/h6-9,11-15H,10,16-17H2,1-5H3/q-1/b11-9+. The Hall–Kier alpha value is -2.36. The molecular formula is C25H30IO6-. The van der Waals surface area contributed by atoms with Gasteiger partial charge in [0.1, 0.15) is 0 Å². The Kier molecular flexibility index (Phi) is 11.3. The Morgan fingerprint density at radius 3 is 2.47 bits per heavy atom. The summed E-state index contributed by atoms with van der Waals surface area (Å²) >= 11 is -0.0716. The number of carbonyl (C=O) groups is 1. The molecule has 0 saturated heterocycles. The fourth-order valence-electron chi connectivity index (χ4n) is 2.84. The number of benzene rings is 1. The summed E-state index contributed by atoms with van der Waals surface area (Å²) in [5.74, 6) is 1.02. The maximum atomic E-state index is 13.3. The summed E-state index contributed by atoms with van der Waals surface area (Å²) in [6.45, 7) is 4.05. The third-order valence-electron chi connectivity index (χ3n) is 4.33. The number of rotatable bonds is 12. The minimum atomic E-state index is -0.234. The van der Waals surface area contributed by atoms with Crippen LogP contribution >= 0.6 is 0 Å². The number of ether oxygens (including phenoxy) is 5. The van der Waals surface area contributed by atoms with Gasteiger partial charge in [-0.05, 0) is 13.8 Å². The first-order chi connectivity index (χ1) is 15.5. The Labute approximate surface area is 200 Å². The molecule has 0 bridgehead atoms. The minimum Gasteiger partial charge on any atom is -0.0442 e. The second-order valence-electron chi connectivity index (χ2n) is 6.95. The molecule has 1 aliphatic heterocycles. The van der Waals surface area contributed by atoms with Gasteiger partial charge in [0, 0.05) is 7.11 Å². The number of ketones is 1. The Bertz CT molecular complexity index is 936. The molecule has 0 radical (unpaired) electrons. The molecule has 1 aromatic rings. The molecule has 0 atom stereocenters. The number of carbonyl (C=O) groups excluding carboxylic acids is 1. The smallest absolute Gasteiger partial charge is 0.0442 e. The van der Waals surface area contributed by atoms with E-state index in [4.69, 9.17) is 23.7 Å². The van der Waals surface area contributed by atoms with E-state index in [1.807, 2.05) is 38.2 Å². The molecule has 0 spiro atoms. The summed E-state index contributed by atoms with van der Waals surface area (Å²) in [5, 5.41) is 0. The van der Waals surface area contributed by atoms with Crippen molar-refractivity contribution in [2.45, 2.75) is 20.3 Å². The summed E-state index contributed by atoms with van der Waals surface area (Å²) in [4.78, 5) is 13.3. The van der Waals surface area contributed by atoms with Crippen LogP contribution in [0, 0.1) is 0 Å². The van der Waals surface area contributed by atoms with E-state index in [1.165, 1.54) is 20.3 Å². The molecule has 0 fully saturated rings. The van der Waals surface area contributed by atoms with Gasteiger partial charge in [-0.25, -0.2) is 0 Å². The van der Waals surface area contributed by atoms with Gasteiger partial charge in [-0.1, -0.05) is 0 Å². The fourth-order valence-corrected chi connectivity index (χ4v) is 4.15. The predicted octanol–water partition coefficient (Wildman–Crippen LogP) is 1.96. The third-order valence-corrected chi connectivity index (χ3v) is 5.94. The molecule has 7 heteroatoms. The molecule has 2 rings (SSSR count). The van der Waals surface area contributed by atoms with Crippen molar-refractivity contribution in [2.75, 3.05) is 34.9 Å². The van der Waals surface area contributed by atoms with Crippen molar-refractivity contribution >= 4 is 5.78 Å². The van der Waals surface area contributed by atoms with Gasteiger partial charge >= 0.3 is 175 Å². The Morgan fingerprint density at radius 1 is 1.03 bits per heavy atom. The van der Waals surface area contributed by atoms with Crippen molar-refractivity contribution < 1.29 is 49.7 Å². The number of allylic oxidation sites excluding steroid dienone is 8. The van der Waals surface area contributed by atoms with Crippen LogP contribution in [0.3, 0.4) is 0 Å². The number of hydrogen-bond donors (Lipinski definition) is 0. The fraction of sp³-hybridized carbons (Fsp3) is 0.320. The van der Waals surface area contributed by atoms with E-state index < -0.39 is 0 Å². The van der Waals surface area contributed by atoms with Gasteiger partial charge in [-0.15, -0.1) is 0 Å². The van der Waals surface area contributed by atoms with Crippen molar-refractivity contribution in [3.8, 4) is 17.2 Å². The predicted molar refractivity (Wildman–Crippen MR) is 121 cm³/mol. The second-order valence-corrected chi connectivity index (χ2v) is 9.11. The van der Waals surface area contributed by atoms with E-state index in [0.29, 0.717) is 29.2 Å². The zero-order valence-electron chi connectivity index (χ0n) is 19.1. The average molecular weight is 553 g/mol. The molecule has 0 aromatic heterocycles. The van der Waals surface area contributed by atoms with Crippen LogP contribution in [-0.4, -0.2) is 40.7 Å². The second kappa shape index (κ2) is 13.9. The Morgan fingerprint density at radius 2 is 1.78 bits per heavy atom. The molecule has 1 heterocycles. The van der Waals surface area contributed by atoms with Crippen LogP contribution in [0.4, 0.5) is 0 Å². The summed E-state index contributed by atoms with van der Waals surface area (Å²) in [7, 11) is 4.59.